The van der Waals surface area contributed by atoms with Crippen molar-refractivity contribution in [3.8, 4) is 0 Å². The highest BCUT2D eigenvalue weighted by Gasteiger charge is 2.60. The number of aldehydes is 1. The highest BCUT2D eigenvalue weighted by Crippen LogP contribution is 2.54. The van der Waals surface area contributed by atoms with E-state index >= 15 is 0 Å². The van der Waals surface area contributed by atoms with E-state index in [4.69, 9.17) is 9.47 Å². The van der Waals surface area contributed by atoms with E-state index in [0.717, 1.165) is 6.29 Å². The Bertz CT molecular complexity index is 382. The number of allylic oxidation sites excluding steroid dienone is 1. The number of hydrogen-bond acceptors (Lipinski definition) is 5. The summed E-state index contributed by atoms with van der Waals surface area (Å²) in [5.41, 5.74) is -1.70. The first kappa shape index (κ1) is 14.4. The highest BCUT2D eigenvalue weighted by molar-refractivity contribution is 6.02. The number of rotatable bonds is 4. The van der Waals surface area contributed by atoms with Gasteiger partial charge in [0.1, 0.15) is 6.29 Å². The second-order valence-corrected chi connectivity index (χ2v) is 4.65. The molecule has 0 N–H and O–H groups in total. The first-order valence-electron chi connectivity index (χ1n) is 5.74. The van der Waals surface area contributed by atoms with Crippen molar-refractivity contribution in [3.63, 3.8) is 0 Å². The van der Waals surface area contributed by atoms with Crippen LogP contribution in [0.15, 0.2) is 12.2 Å². The van der Waals surface area contributed by atoms with Crippen molar-refractivity contribution in [1.29, 1.82) is 0 Å². The summed E-state index contributed by atoms with van der Waals surface area (Å²) in [6, 6.07) is 0. The molecule has 1 atom stereocenters. The molecule has 1 saturated carbocycles. The van der Waals surface area contributed by atoms with Gasteiger partial charge in [-0.3, -0.25) is 9.59 Å². The van der Waals surface area contributed by atoms with E-state index in [9.17, 15) is 14.4 Å². The maximum atomic E-state index is 11.9. The normalized spacial score (nSPS) is 25.6. The molecule has 0 aliphatic heterocycles. The lowest BCUT2D eigenvalue weighted by atomic mass is 9.78. The van der Waals surface area contributed by atoms with E-state index in [1.165, 1.54) is 14.2 Å². The Morgan fingerprint density at radius 1 is 1.33 bits per heavy atom. The molecule has 0 heterocycles. The van der Waals surface area contributed by atoms with Crippen molar-refractivity contribution >= 4 is 18.2 Å². The maximum Gasteiger partial charge on any atom is 0.323 e. The van der Waals surface area contributed by atoms with Crippen molar-refractivity contribution in [3.05, 3.63) is 12.2 Å². The lowest BCUT2D eigenvalue weighted by molar-refractivity contribution is -0.169. The first-order chi connectivity index (χ1) is 8.42. The van der Waals surface area contributed by atoms with Gasteiger partial charge in [-0.25, -0.2) is 0 Å². The van der Waals surface area contributed by atoms with Crippen LogP contribution in [0, 0.1) is 10.8 Å². The molecule has 1 aliphatic rings. The molecule has 18 heavy (non-hydrogen) atoms. The minimum Gasteiger partial charge on any atom is -0.468 e. The third-order valence-electron chi connectivity index (χ3n) is 3.85. The van der Waals surface area contributed by atoms with Gasteiger partial charge in [-0.2, -0.15) is 0 Å². The Labute approximate surface area is 106 Å². The quantitative estimate of drug-likeness (QED) is 0.327. The van der Waals surface area contributed by atoms with Crippen LogP contribution in [0.1, 0.15) is 26.2 Å². The summed E-state index contributed by atoms with van der Waals surface area (Å²) in [5.74, 6) is -1.35. The lowest BCUT2D eigenvalue weighted by Crippen LogP contribution is -2.40. The van der Waals surface area contributed by atoms with Gasteiger partial charge in [0.05, 0.1) is 14.2 Å². The van der Waals surface area contributed by atoms with E-state index in [-0.39, 0.29) is 12.8 Å². The van der Waals surface area contributed by atoms with E-state index in [0.29, 0.717) is 12.0 Å². The number of ether oxygens (including phenoxy) is 2. The van der Waals surface area contributed by atoms with Gasteiger partial charge in [-0.05, 0) is 19.3 Å². The number of methoxy groups -OCH3 is 2. The molecule has 0 aromatic carbocycles. The third kappa shape index (κ3) is 1.83. The first-order valence-corrected chi connectivity index (χ1v) is 5.74. The number of hydrogen-bond donors (Lipinski definition) is 0. The number of carbonyl (C=O) groups is 3. The van der Waals surface area contributed by atoms with E-state index in [1.54, 1.807) is 0 Å². The number of carbonyl (C=O) groups excluding carboxylic acids is 3. The molecule has 5 nitrogen and oxygen atoms in total. The fourth-order valence-electron chi connectivity index (χ4n) is 2.61. The van der Waals surface area contributed by atoms with Crippen molar-refractivity contribution in [2.24, 2.45) is 10.8 Å². The topological polar surface area (TPSA) is 69.7 Å². The predicted molar refractivity (Wildman–Crippen MR) is 63.6 cm³/mol. The van der Waals surface area contributed by atoms with Gasteiger partial charge in [-0.15, -0.1) is 0 Å². The molecule has 0 bridgehead atoms. The number of esters is 2. The van der Waals surface area contributed by atoms with Crippen LogP contribution >= 0.6 is 0 Å². The monoisotopic (exact) mass is 254 g/mol. The molecule has 0 saturated heterocycles. The van der Waals surface area contributed by atoms with Crippen LogP contribution in [0.25, 0.3) is 0 Å². The van der Waals surface area contributed by atoms with Crippen molar-refractivity contribution in [2.75, 3.05) is 14.2 Å². The fraction of sp³-hybridized carbons (Fsp3) is 0.615. The van der Waals surface area contributed by atoms with Crippen LogP contribution in [0.5, 0.6) is 0 Å². The summed E-state index contributed by atoms with van der Waals surface area (Å²) in [6.45, 7) is 5.65. The molecule has 0 amide bonds. The predicted octanol–water partition coefficient (Wildman–Crippen LogP) is 1.26. The SMILES string of the molecule is C=C1CC(C(=O)OC)(C(=O)OC)CC1(C=O)CC. The van der Waals surface area contributed by atoms with Gasteiger partial charge in [0, 0.05) is 5.41 Å². The Balaban J connectivity index is 3.26. The molecule has 0 radical (unpaired) electrons. The van der Waals surface area contributed by atoms with Crippen molar-refractivity contribution in [1.82, 2.24) is 0 Å². The van der Waals surface area contributed by atoms with Crippen molar-refractivity contribution in [2.45, 2.75) is 26.2 Å². The van der Waals surface area contributed by atoms with E-state index in [1.807, 2.05) is 6.92 Å². The molecule has 0 spiro atoms. The van der Waals surface area contributed by atoms with Gasteiger partial charge < -0.3 is 14.3 Å². The Kier molecular flexibility index (Phi) is 3.94. The summed E-state index contributed by atoms with van der Waals surface area (Å²) in [5, 5.41) is 0. The smallest absolute Gasteiger partial charge is 0.323 e. The molecule has 0 aromatic heterocycles. The van der Waals surface area contributed by atoms with Gasteiger partial charge in [0.15, 0.2) is 5.41 Å². The van der Waals surface area contributed by atoms with Crippen LogP contribution in [-0.4, -0.2) is 32.4 Å². The molecule has 100 valence electrons. The summed E-state index contributed by atoms with van der Waals surface area (Å²) in [7, 11) is 2.42. The summed E-state index contributed by atoms with van der Waals surface area (Å²) in [6.07, 6.45) is 1.42. The zero-order chi connectivity index (χ0) is 14.0. The molecular formula is C13H18O5. The maximum absolute atomic E-state index is 11.9. The molecule has 1 fully saturated rings. The van der Waals surface area contributed by atoms with Gasteiger partial charge >= 0.3 is 11.9 Å². The Morgan fingerprint density at radius 3 is 2.11 bits per heavy atom. The average molecular weight is 254 g/mol. The molecule has 1 aliphatic carbocycles. The largest absolute Gasteiger partial charge is 0.468 e. The highest BCUT2D eigenvalue weighted by atomic mass is 16.5. The average Bonchev–Trinajstić information content (AvgIpc) is 2.71. The third-order valence-corrected chi connectivity index (χ3v) is 3.85. The van der Waals surface area contributed by atoms with Crippen molar-refractivity contribution < 1.29 is 23.9 Å². The molecular weight excluding hydrogens is 236 g/mol. The second kappa shape index (κ2) is 4.92. The van der Waals surface area contributed by atoms with E-state index < -0.39 is 22.8 Å². The van der Waals surface area contributed by atoms with Gasteiger partial charge in [0.2, 0.25) is 0 Å². The molecule has 1 rings (SSSR count). The molecule has 5 heteroatoms. The van der Waals surface area contributed by atoms with Crippen LogP contribution < -0.4 is 0 Å². The Hall–Kier alpha value is -1.65. The van der Waals surface area contributed by atoms with Crippen LogP contribution in [0.4, 0.5) is 0 Å². The van der Waals surface area contributed by atoms with E-state index in [2.05, 4.69) is 6.58 Å². The molecule has 0 aromatic rings. The zero-order valence-electron chi connectivity index (χ0n) is 10.9. The second-order valence-electron chi connectivity index (χ2n) is 4.65. The summed E-state index contributed by atoms with van der Waals surface area (Å²) in [4.78, 5) is 35.2. The summed E-state index contributed by atoms with van der Waals surface area (Å²) >= 11 is 0. The fourth-order valence-corrected chi connectivity index (χ4v) is 2.61. The van der Waals surface area contributed by atoms with Crippen LogP contribution in [0.2, 0.25) is 0 Å². The van der Waals surface area contributed by atoms with Gasteiger partial charge in [-0.1, -0.05) is 19.1 Å². The zero-order valence-corrected chi connectivity index (χ0v) is 10.9. The molecule has 1 unspecified atom stereocenters. The summed E-state index contributed by atoms with van der Waals surface area (Å²) < 4.78 is 9.39. The van der Waals surface area contributed by atoms with Crippen LogP contribution in [0.3, 0.4) is 0 Å². The van der Waals surface area contributed by atoms with Crippen LogP contribution in [-0.2, 0) is 23.9 Å². The van der Waals surface area contributed by atoms with Gasteiger partial charge in [0.25, 0.3) is 0 Å². The standard InChI is InChI=1S/C13H18O5/c1-5-12(8-14)7-13(6-9(12)2,10(15)17-3)11(16)18-4/h8H,2,5-7H2,1,3-4H3. The lowest BCUT2D eigenvalue weighted by Gasteiger charge is -2.25. The minimum absolute atomic E-state index is 0.0676. The Morgan fingerprint density at radius 2 is 1.83 bits per heavy atom. The minimum atomic E-state index is -1.43.